The van der Waals surface area contributed by atoms with E-state index in [9.17, 15) is 4.79 Å². The number of carbonyl (C=O) groups excluding carboxylic acids is 1. The van der Waals surface area contributed by atoms with Crippen molar-refractivity contribution in [2.45, 2.75) is 45.7 Å². The molecule has 0 spiro atoms. The van der Waals surface area contributed by atoms with E-state index in [1.165, 1.54) is 0 Å². The summed E-state index contributed by atoms with van der Waals surface area (Å²) in [4.78, 5) is 18.2. The topological polar surface area (TPSA) is 53.4 Å². The van der Waals surface area contributed by atoms with Gasteiger partial charge >= 0.3 is 0 Å². The quantitative estimate of drug-likeness (QED) is 0.753. The number of aliphatic hydroxyl groups is 1. The third-order valence-corrected chi connectivity index (χ3v) is 2.80. The van der Waals surface area contributed by atoms with E-state index in [0.29, 0.717) is 19.4 Å². The molecule has 0 aromatic carbocycles. The van der Waals surface area contributed by atoms with Gasteiger partial charge in [-0.2, -0.15) is 0 Å². The van der Waals surface area contributed by atoms with Crippen LogP contribution in [0.3, 0.4) is 0 Å². The summed E-state index contributed by atoms with van der Waals surface area (Å²) in [5, 5.41) is 8.73. The van der Waals surface area contributed by atoms with E-state index in [1.54, 1.807) is 6.20 Å². The maximum atomic E-state index is 12.1. The van der Waals surface area contributed by atoms with Gasteiger partial charge in [0.15, 0.2) is 0 Å². The number of hydrogen-bond donors (Lipinski definition) is 1. The Kier molecular flexibility index (Phi) is 6.36. The van der Waals surface area contributed by atoms with E-state index < -0.39 is 0 Å². The highest BCUT2D eigenvalue weighted by Crippen LogP contribution is 2.10. The smallest absolute Gasteiger partial charge is 0.223 e. The Morgan fingerprint density at radius 2 is 2.17 bits per heavy atom. The molecule has 0 aliphatic rings. The lowest BCUT2D eigenvalue weighted by atomic mass is 10.2. The molecule has 1 heterocycles. The summed E-state index contributed by atoms with van der Waals surface area (Å²) in [6.07, 6.45) is 3.65. The lowest BCUT2D eigenvalue weighted by molar-refractivity contribution is -0.133. The summed E-state index contributed by atoms with van der Waals surface area (Å²) in [5.41, 5.74) is 0.904. The Balaban J connectivity index is 2.57. The third-order valence-electron chi connectivity index (χ3n) is 2.80. The third kappa shape index (κ3) is 4.84. The van der Waals surface area contributed by atoms with Gasteiger partial charge in [0.2, 0.25) is 5.91 Å². The van der Waals surface area contributed by atoms with Gasteiger partial charge < -0.3 is 10.0 Å². The molecule has 1 rings (SSSR count). The Labute approximate surface area is 109 Å². The highest BCUT2D eigenvalue weighted by atomic mass is 16.3. The number of hydrogen-bond acceptors (Lipinski definition) is 3. The molecule has 1 aromatic heterocycles. The lowest BCUT2D eigenvalue weighted by Crippen LogP contribution is -2.36. The standard InChI is InChI=1S/C14H22N2O2/c1-12(2)16(14(18)8-4-6-10-17)11-13-7-3-5-9-15-13/h3,5,7,9,12,17H,4,6,8,10-11H2,1-2H3. The minimum atomic E-state index is 0.129. The second-order valence-corrected chi connectivity index (χ2v) is 4.62. The molecule has 1 amide bonds. The highest BCUT2D eigenvalue weighted by molar-refractivity contribution is 5.76. The van der Waals surface area contributed by atoms with Gasteiger partial charge in [-0.25, -0.2) is 0 Å². The van der Waals surface area contributed by atoms with Gasteiger partial charge in [-0.3, -0.25) is 9.78 Å². The van der Waals surface area contributed by atoms with Crippen molar-refractivity contribution < 1.29 is 9.90 Å². The first-order valence-corrected chi connectivity index (χ1v) is 6.45. The molecule has 0 unspecified atom stereocenters. The Hall–Kier alpha value is -1.42. The van der Waals surface area contributed by atoms with Gasteiger partial charge in [-0.05, 0) is 38.8 Å². The van der Waals surface area contributed by atoms with Crippen LogP contribution < -0.4 is 0 Å². The zero-order valence-electron chi connectivity index (χ0n) is 11.2. The average Bonchev–Trinajstić information content (AvgIpc) is 2.37. The van der Waals surface area contributed by atoms with E-state index in [0.717, 1.165) is 12.1 Å². The first kappa shape index (κ1) is 14.6. The molecule has 0 bridgehead atoms. The van der Waals surface area contributed by atoms with Gasteiger partial charge in [0.25, 0.3) is 0 Å². The molecule has 0 saturated heterocycles. The molecule has 1 aromatic rings. The van der Waals surface area contributed by atoms with Crippen LogP contribution in [0.15, 0.2) is 24.4 Å². The molecular weight excluding hydrogens is 228 g/mol. The van der Waals surface area contributed by atoms with Gasteiger partial charge in [-0.1, -0.05) is 6.07 Å². The first-order chi connectivity index (χ1) is 8.65. The molecule has 100 valence electrons. The van der Waals surface area contributed by atoms with Crippen LogP contribution in [-0.2, 0) is 11.3 Å². The van der Waals surface area contributed by atoms with Gasteiger partial charge in [0, 0.05) is 25.3 Å². The summed E-state index contributed by atoms with van der Waals surface area (Å²) in [6, 6.07) is 5.88. The predicted molar refractivity (Wildman–Crippen MR) is 70.9 cm³/mol. The number of pyridine rings is 1. The molecule has 1 N–H and O–H groups in total. The first-order valence-electron chi connectivity index (χ1n) is 6.45. The number of amides is 1. The van der Waals surface area contributed by atoms with Crippen molar-refractivity contribution in [3.05, 3.63) is 30.1 Å². The number of rotatable bonds is 7. The molecule has 0 fully saturated rings. The summed E-state index contributed by atoms with van der Waals surface area (Å²) in [7, 11) is 0. The predicted octanol–water partition coefficient (Wildman–Crippen LogP) is 1.98. The second kappa shape index (κ2) is 7.82. The Bertz CT molecular complexity index is 352. The summed E-state index contributed by atoms with van der Waals surface area (Å²) >= 11 is 0. The van der Waals surface area contributed by atoms with Crippen molar-refractivity contribution in [3.8, 4) is 0 Å². The molecule has 18 heavy (non-hydrogen) atoms. The van der Waals surface area contributed by atoms with Gasteiger partial charge in [-0.15, -0.1) is 0 Å². The van der Waals surface area contributed by atoms with Gasteiger partial charge in [0.05, 0.1) is 12.2 Å². The highest BCUT2D eigenvalue weighted by Gasteiger charge is 2.17. The fourth-order valence-electron chi connectivity index (χ4n) is 1.76. The Morgan fingerprint density at radius 3 is 2.72 bits per heavy atom. The number of carbonyl (C=O) groups is 1. The molecule has 0 saturated carbocycles. The molecule has 4 nitrogen and oxygen atoms in total. The Morgan fingerprint density at radius 1 is 1.39 bits per heavy atom. The van der Waals surface area contributed by atoms with Crippen LogP contribution in [-0.4, -0.2) is 33.5 Å². The van der Waals surface area contributed by atoms with Crippen molar-refractivity contribution in [2.75, 3.05) is 6.61 Å². The number of unbranched alkanes of at least 4 members (excludes halogenated alkanes) is 1. The van der Waals surface area contributed by atoms with Crippen LogP contribution in [0.5, 0.6) is 0 Å². The van der Waals surface area contributed by atoms with Crippen molar-refractivity contribution in [3.63, 3.8) is 0 Å². The molecular formula is C14H22N2O2. The molecule has 0 radical (unpaired) electrons. The van der Waals surface area contributed by atoms with Crippen LogP contribution in [0, 0.1) is 0 Å². The van der Waals surface area contributed by atoms with E-state index in [4.69, 9.17) is 5.11 Å². The van der Waals surface area contributed by atoms with E-state index in [1.807, 2.05) is 36.9 Å². The van der Waals surface area contributed by atoms with E-state index >= 15 is 0 Å². The molecule has 0 atom stereocenters. The summed E-state index contributed by atoms with van der Waals surface area (Å²) < 4.78 is 0. The number of nitrogens with zero attached hydrogens (tertiary/aromatic N) is 2. The number of aromatic nitrogens is 1. The normalized spacial score (nSPS) is 10.7. The maximum Gasteiger partial charge on any atom is 0.223 e. The van der Waals surface area contributed by atoms with E-state index in [-0.39, 0.29) is 18.6 Å². The van der Waals surface area contributed by atoms with Crippen molar-refractivity contribution in [1.82, 2.24) is 9.88 Å². The molecule has 4 heteroatoms. The maximum absolute atomic E-state index is 12.1. The van der Waals surface area contributed by atoms with Crippen molar-refractivity contribution in [2.24, 2.45) is 0 Å². The number of aliphatic hydroxyl groups excluding tert-OH is 1. The summed E-state index contributed by atoms with van der Waals surface area (Å²) in [5.74, 6) is 0.129. The van der Waals surface area contributed by atoms with Gasteiger partial charge in [0.1, 0.15) is 0 Å². The lowest BCUT2D eigenvalue weighted by Gasteiger charge is -2.26. The molecule has 0 aliphatic carbocycles. The zero-order chi connectivity index (χ0) is 13.4. The fraction of sp³-hybridized carbons (Fsp3) is 0.571. The van der Waals surface area contributed by atoms with Crippen LogP contribution in [0.1, 0.15) is 38.8 Å². The SMILES string of the molecule is CC(C)N(Cc1ccccn1)C(=O)CCCCO. The molecule has 0 aliphatic heterocycles. The second-order valence-electron chi connectivity index (χ2n) is 4.62. The van der Waals surface area contributed by atoms with Crippen molar-refractivity contribution in [1.29, 1.82) is 0 Å². The monoisotopic (exact) mass is 250 g/mol. The minimum absolute atomic E-state index is 0.129. The average molecular weight is 250 g/mol. The van der Waals surface area contributed by atoms with Crippen LogP contribution in [0.2, 0.25) is 0 Å². The van der Waals surface area contributed by atoms with Crippen molar-refractivity contribution >= 4 is 5.91 Å². The van der Waals surface area contributed by atoms with E-state index in [2.05, 4.69) is 4.98 Å². The largest absolute Gasteiger partial charge is 0.396 e. The minimum Gasteiger partial charge on any atom is -0.396 e. The fourth-order valence-corrected chi connectivity index (χ4v) is 1.76. The van der Waals surface area contributed by atoms with Crippen LogP contribution in [0.25, 0.3) is 0 Å². The van der Waals surface area contributed by atoms with Crippen LogP contribution in [0.4, 0.5) is 0 Å². The van der Waals surface area contributed by atoms with Crippen LogP contribution >= 0.6 is 0 Å². The summed E-state index contributed by atoms with van der Waals surface area (Å²) in [6.45, 7) is 4.71. The zero-order valence-corrected chi connectivity index (χ0v) is 11.2.